The highest BCUT2D eigenvalue weighted by Gasteiger charge is 2.15. The first-order valence-electron chi connectivity index (χ1n) is 5.31. The van der Waals surface area contributed by atoms with Crippen molar-refractivity contribution in [1.82, 2.24) is 15.0 Å². The van der Waals surface area contributed by atoms with Gasteiger partial charge in [-0.3, -0.25) is 10.1 Å². The lowest BCUT2D eigenvalue weighted by atomic mass is 10.1. The summed E-state index contributed by atoms with van der Waals surface area (Å²) >= 11 is 0. The molecule has 0 unspecified atom stereocenters. The zero-order valence-electron chi connectivity index (χ0n) is 9.99. The van der Waals surface area contributed by atoms with E-state index in [1.165, 1.54) is 10.7 Å². The third-order valence-electron chi connectivity index (χ3n) is 2.66. The summed E-state index contributed by atoms with van der Waals surface area (Å²) in [5.74, 6) is 0. The van der Waals surface area contributed by atoms with Crippen LogP contribution in [-0.4, -0.2) is 25.0 Å². The van der Waals surface area contributed by atoms with E-state index in [0.717, 1.165) is 5.56 Å². The van der Waals surface area contributed by atoms with Crippen LogP contribution in [0.15, 0.2) is 18.3 Å². The second kappa shape index (κ2) is 4.53. The third kappa shape index (κ3) is 2.07. The molecule has 0 saturated carbocycles. The van der Waals surface area contributed by atoms with Crippen molar-refractivity contribution >= 4 is 5.69 Å². The number of hydrogen-bond acceptors (Lipinski definition) is 5. The van der Waals surface area contributed by atoms with Crippen LogP contribution in [0.4, 0.5) is 5.69 Å². The van der Waals surface area contributed by atoms with Gasteiger partial charge in [0.2, 0.25) is 0 Å². The molecule has 0 spiro atoms. The van der Waals surface area contributed by atoms with E-state index in [2.05, 4.69) is 10.3 Å². The number of aromatic nitrogens is 3. The van der Waals surface area contributed by atoms with Crippen LogP contribution in [-0.2, 0) is 6.61 Å². The first-order chi connectivity index (χ1) is 8.52. The molecule has 2 rings (SSSR count). The van der Waals surface area contributed by atoms with Crippen LogP contribution >= 0.6 is 0 Å². The van der Waals surface area contributed by atoms with Crippen molar-refractivity contribution in [2.75, 3.05) is 0 Å². The Labute approximate surface area is 103 Å². The second-order valence-corrected chi connectivity index (χ2v) is 3.99. The molecule has 0 fully saturated rings. The number of aliphatic hydroxyl groups is 1. The van der Waals surface area contributed by atoms with Crippen molar-refractivity contribution in [3.63, 3.8) is 0 Å². The molecule has 1 aromatic carbocycles. The number of nitro groups is 1. The summed E-state index contributed by atoms with van der Waals surface area (Å²) < 4.78 is 1.50. The van der Waals surface area contributed by atoms with Crippen molar-refractivity contribution in [1.29, 1.82) is 0 Å². The zero-order valence-corrected chi connectivity index (χ0v) is 9.99. The van der Waals surface area contributed by atoms with E-state index >= 15 is 0 Å². The van der Waals surface area contributed by atoms with Crippen LogP contribution in [0.3, 0.4) is 0 Å². The standard InChI is InChI=1S/C11H12N4O3/c1-7-4-11(15(17)18)8(2)3-10(7)14-5-9(6-16)12-13-14/h3-5,16H,6H2,1-2H3. The van der Waals surface area contributed by atoms with Gasteiger partial charge in [0, 0.05) is 11.6 Å². The van der Waals surface area contributed by atoms with Crippen LogP contribution in [0.25, 0.3) is 5.69 Å². The lowest BCUT2D eigenvalue weighted by Crippen LogP contribution is -2.01. The number of nitrogens with zero attached hydrogens (tertiary/aromatic N) is 4. The Kier molecular flexibility index (Phi) is 3.07. The number of aryl methyl sites for hydroxylation is 2. The zero-order chi connectivity index (χ0) is 13.3. The van der Waals surface area contributed by atoms with Crippen molar-refractivity contribution in [3.05, 3.63) is 45.3 Å². The molecule has 0 aliphatic carbocycles. The fraction of sp³-hybridized carbons (Fsp3) is 0.273. The molecule has 18 heavy (non-hydrogen) atoms. The minimum absolute atomic E-state index is 0.0822. The number of benzene rings is 1. The maximum absolute atomic E-state index is 10.8. The summed E-state index contributed by atoms with van der Waals surface area (Å²) in [6, 6.07) is 3.19. The monoisotopic (exact) mass is 248 g/mol. The molecule has 1 N–H and O–H groups in total. The molecule has 7 heteroatoms. The van der Waals surface area contributed by atoms with Crippen LogP contribution in [0.5, 0.6) is 0 Å². The maximum Gasteiger partial charge on any atom is 0.272 e. The highest BCUT2D eigenvalue weighted by Crippen LogP contribution is 2.24. The first kappa shape index (κ1) is 12.2. The van der Waals surface area contributed by atoms with Crippen molar-refractivity contribution < 1.29 is 10.0 Å². The minimum Gasteiger partial charge on any atom is -0.390 e. The van der Waals surface area contributed by atoms with E-state index in [0.29, 0.717) is 16.9 Å². The van der Waals surface area contributed by atoms with Gasteiger partial charge in [-0.1, -0.05) is 5.21 Å². The predicted molar refractivity (Wildman–Crippen MR) is 63.4 cm³/mol. The average Bonchev–Trinajstić information content (AvgIpc) is 2.79. The minimum atomic E-state index is -0.410. The molecule has 0 amide bonds. The fourth-order valence-corrected chi connectivity index (χ4v) is 1.72. The van der Waals surface area contributed by atoms with Gasteiger partial charge in [0.1, 0.15) is 5.69 Å². The van der Waals surface area contributed by atoms with E-state index in [-0.39, 0.29) is 12.3 Å². The summed E-state index contributed by atoms with van der Waals surface area (Å²) in [6.45, 7) is 3.25. The SMILES string of the molecule is Cc1cc([N+](=O)[O-])c(C)cc1-n1cc(CO)nn1. The normalized spacial score (nSPS) is 10.6. The van der Waals surface area contributed by atoms with Gasteiger partial charge in [-0.15, -0.1) is 5.10 Å². The number of hydrogen-bond donors (Lipinski definition) is 1. The van der Waals surface area contributed by atoms with Crippen molar-refractivity contribution in [2.45, 2.75) is 20.5 Å². The van der Waals surface area contributed by atoms with E-state index < -0.39 is 4.92 Å². The first-order valence-corrected chi connectivity index (χ1v) is 5.31. The number of aliphatic hydroxyl groups excluding tert-OH is 1. The van der Waals surface area contributed by atoms with Gasteiger partial charge in [0.05, 0.1) is 23.4 Å². The van der Waals surface area contributed by atoms with Gasteiger partial charge in [-0.2, -0.15) is 0 Å². The van der Waals surface area contributed by atoms with Gasteiger partial charge < -0.3 is 5.11 Å². The highest BCUT2D eigenvalue weighted by molar-refractivity contribution is 5.52. The van der Waals surface area contributed by atoms with Crippen LogP contribution in [0.2, 0.25) is 0 Å². The molecule has 0 aliphatic rings. The Hall–Kier alpha value is -2.28. The van der Waals surface area contributed by atoms with E-state index in [4.69, 9.17) is 5.11 Å². The molecule has 0 saturated heterocycles. The molecule has 0 bridgehead atoms. The van der Waals surface area contributed by atoms with Crippen LogP contribution < -0.4 is 0 Å². The summed E-state index contributed by atoms with van der Waals surface area (Å²) in [5.41, 5.74) is 2.53. The van der Waals surface area contributed by atoms with Gasteiger partial charge in [0.25, 0.3) is 5.69 Å². The Balaban J connectivity index is 2.52. The number of nitro benzene ring substituents is 1. The Morgan fingerprint density at radius 2 is 2.11 bits per heavy atom. The molecule has 7 nitrogen and oxygen atoms in total. The van der Waals surface area contributed by atoms with Crippen molar-refractivity contribution in [2.24, 2.45) is 0 Å². The molecule has 0 atom stereocenters. The van der Waals surface area contributed by atoms with Crippen molar-refractivity contribution in [3.8, 4) is 5.69 Å². The summed E-state index contributed by atoms with van der Waals surface area (Å²) in [4.78, 5) is 10.4. The summed E-state index contributed by atoms with van der Waals surface area (Å²) in [7, 11) is 0. The maximum atomic E-state index is 10.8. The smallest absolute Gasteiger partial charge is 0.272 e. The Bertz CT molecular complexity index is 606. The molecule has 1 aromatic heterocycles. The molecule has 2 aromatic rings. The lowest BCUT2D eigenvalue weighted by molar-refractivity contribution is -0.385. The van der Waals surface area contributed by atoms with Gasteiger partial charge in [0.15, 0.2) is 0 Å². The number of rotatable bonds is 3. The summed E-state index contributed by atoms with van der Waals surface area (Å²) in [6.07, 6.45) is 1.59. The van der Waals surface area contributed by atoms with E-state index in [1.807, 2.05) is 0 Å². The van der Waals surface area contributed by atoms with E-state index in [1.54, 1.807) is 26.1 Å². The second-order valence-electron chi connectivity index (χ2n) is 3.99. The molecule has 94 valence electrons. The van der Waals surface area contributed by atoms with Crippen LogP contribution in [0.1, 0.15) is 16.8 Å². The molecular formula is C11H12N4O3. The molecule has 0 radical (unpaired) electrons. The Morgan fingerprint density at radius 1 is 1.39 bits per heavy atom. The largest absolute Gasteiger partial charge is 0.390 e. The Morgan fingerprint density at radius 3 is 2.67 bits per heavy atom. The molecule has 1 heterocycles. The van der Waals surface area contributed by atoms with Gasteiger partial charge in [-0.05, 0) is 25.5 Å². The quantitative estimate of drug-likeness (QED) is 0.652. The highest BCUT2D eigenvalue weighted by atomic mass is 16.6. The fourth-order valence-electron chi connectivity index (χ4n) is 1.72. The van der Waals surface area contributed by atoms with Gasteiger partial charge in [-0.25, -0.2) is 4.68 Å². The van der Waals surface area contributed by atoms with Crippen LogP contribution in [0, 0.1) is 24.0 Å². The lowest BCUT2D eigenvalue weighted by Gasteiger charge is -2.06. The predicted octanol–water partition coefficient (Wildman–Crippen LogP) is 1.28. The average molecular weight is 248 g/mol. The molecule has 0 aliphatic heterocycles. The topological polar surface area (TPSA) is 94.1 Å². The summed E-state index contributed by atoms with van der Waals surface area (Å²) in [5, 5.41) is 27.4. The molecular weight excluding hydrogens is 236 g/mol. The van der Waals surface area contributed by atoms with Gasteiger partial charge >= 0.3 is 0 Å². The third-order valence-corrected chi connectivity index (χ3v) is 2.66. The van der Waals surface area contributed by atoms with E-state index in [9.17, 15) is 10.1 Å².